The van der Waals surface area contributed by atoms with Gasteiger partial charge in [0.1, 0.15) is 11.9 Å². The standard InChI is InChI=1S/C15H22N4O/c20-15(13-6-3-11-8-16-19-14(11)18-13)17-12-4-1-9-7-10(9)2-5-12/h8-10,12-13H,1-7H2,(H,17,20)(H2,16,18,19). The lowest BCUT2D eigenvalue weighted by atomic mass is 10.0. The van der Waals surface area contributed by atoms with Crippen LogP contribution in [0.4, 0.5) is 5.82 Å². The van der Waals surface area contributed by atoms with Crippen molar-refractivity contribution in [2.75, 3.05) is 5.32 Å². The van der Waals surface area contributed by atoms with Gasteiger partial charge in [-0.3, -0.25) is 9.89 Å². The number of H-pyrrole nitrogens is 1. The number of hydrogen-bond donors (Lipinski definition) is 3. The lowest BCUT2D eigenvalue weighted by Gasteiger charge is -2.26. The number of hydrogen-bond acceptors (Lipinski definition) is 3. The van der Waals surface area contributed by atoms with Gasteiger partial charge in [-0.15, -0.1) is 0 Å². The maximum absolute atomic E-state index is 12.4. The number of rotatable bonds is 2. The van der Waals surface area contributed by atoms with E-state index in [0.717, 1.165) is 43.3 Å². The first kappa shape index (κ1) is 12.2. The molecule has 0 spiro atoms. The Bertz CT molecular complexity index is 500. The Hall–Kier alpha value is -1.52. The summed E-state index contributed by atoms with van der Waals surface area (Å²) in [7, 11) is 0. The fourth-order valence-electron chi connectivity index (χ4n) is 3.81. The van der Waals surface area contributed by atoms with Crippen LogP contribution < -0.4 is 10.6 Å². The minimum absolute atomic E-state index is 0.110. The Morgan fingerprint density at radius 1 is 1.20 bits per heavy atom. The van der Waals surface area contributed by atoms with Gasteiger partial charge >= 0.3 is 0 Å². The van der Waals surface area contributed by atoms with E-state index in [0.29, 0.717) is 6.04 Å². The zero-order valence-corrected chi connectivity index (χ0v) is 11.7. The predicted octanol–water partition coefficient (Wildman–Crippen LogP) is 1.83. The molecular formula is C15H22N4O. The molecule has 2 fully saturated rings. The zero-order chi connectivity index (χ0) is 13.5. The van der Waals surface area contributed by atoms with Crippen LogP contribution in [0.3, 0.4) is 0 Å². The quantitative estimate of drug-likeness (QED) is 0.770. The number of amides is 1. The minimum Gasteiger partial charge on any atom is -0.359 e. The summed E-state index contributed by atoms with van der Waals surface area (Å²) >= 11 is 0. The molecule has 3 atom stereocenters. The summed E-state index contributed by atoms with van der Waals surface area (Å²) < 4.78 is 0. The van der Waals surface area contributed by atoms with Crippen LogP contribution >= 0.6 is 0 Å². The molecule has 1 amide bonds. The molecule has 0 aromatic carbocycles. The average molecular weight is 274 g/mol. The van der Waals surface area contributed by atoms with Crippen molar-refractivity contribution in [2.24, 2.45) is 11.8 Å². The van der Waals surface area contributed by atoms with Crippen LogP contribution in [0.15, 0.2) is 6.20 Å². The van der Waals surface area contributed by atoms with E-state index in [2.05, 4.69) is 20.8 Å². The smallest absolute Gasteiger partial charge is 0.242 e. The van der Waals surface area contributed by atoms with Crippen LogP contribution in [0, 0.1) is 11.8 Å². The van der Waals surface area contributed by atoms with Gasteiger partial charge in [0.15, 0.2) is 0 Å². The largest absolute Gasteiger partial charge is 0.359 e. The number of anilines is 1. The maximum Gasteiger partial charge on any atom is 0.242 e. The lowest BCUT2D eigenvalue weighted by Crippen LogP contribution is -2.46. The van der Waals surface area contributed by atoms with Crippen LogP contribution in [0.2, 0.25) is 0 Å². The first-order valence-corrected chi connectivity index (χ1v) is 7.89. The molecule has 5 nitrogen and oxygen atoms in total. The van der Waals surface area contributed by atoms with E-state index in [9.17, 15) is 4.79 Å². The molecule has 2 saturated carbocycles. The molecule has 0 bridgehead atoms. The predicted molar refractivity (Wildman–Crippen MR) is 76.3 cm³/mol. The van der Waals surface area contributed by atoms with Gasteiger partial charge in [-0.1, -0.05) is 0 Å². The van der Waals surface area contributed by atoms with Crippen molar-refractivity contribution in [3.63, 3.8) is 0 Å². The van der Waals surface area contributed by atoms with E-state index in [-0.39, 0.29) is 11.9 Å². The summed E-state index contributed by atoms with van der Waals surface area (Å²) in [6, 6.07) is 0.279. The summed E-state index contributed by atoms with van der Waals surface area (Å²) in [5.41, 5.74) is 1.18. The molecular weight excluding hydrogens is 252 g/mol. The van der Waals surface area contributed by atoms with E-state index >= 15 is 0 Å². The number of fused-ring (bicyclic) bond motifs is 2. The highest BCUT2D eigenvalue weighted by Crippen LogP contribution is 2.47. The molecule has 3 N–H and O–H groups in total. The van der Waals surface area contributed by atoms with Gasteiger partial charge in [0.25, 0.3) is 0 Å². The van der Waals surface area contributed by atoms with Crippen molar-refractivity contribution < 1.29 is 4.79 Å². The zero-order valence-electron chi connectivity index (χ0n) is 11.7. The summed E-state index contributed by atoms with van der Waals surface area (Å²) in [6.45, 7) is 0. The molecule has 2 heterocycles. The summed E-state index contributed by atoms with van der Waals surface area (Å²) in [5, 5.41) is 13.5. The number of aryl methyl sites for hydroxylation is 1. The van der Waals surface area contributed by atoms with E-state index in [1.165, 1.54) is 24.8 Å². The number of carbonyl (C=O) groups excluding carboxylic acids is 1. The molecule has 0 saturated heterocycles. The Labute approximate surface area is 118 Å². The minimum atomic E-state index is -0.110. The van der Waals surface area contributed by atoms with Crippen molar-refractivity contribution in [3.05, 3.63) is 11.8 Å². The van der Waals surface area contributed by atoms with Gasteiger partial charge in [-0.25, -0.2) is 0 Å². The fourth-order valence-corrected chi connectivity index (χ4v) is 3.81. The third-order valence-corrected chi connectivity index (χ3v) is 5.24. The van der Waals surface area contributed by atoms with Crippen LogP contribution in [-0.4, -0.2) is 28.2 Å². The van der Waals surface area contributed by atoms with Crippen molar-refractivity contribution in [2.45, 2.75) is 57.0 Å². The molecule has 3 unspecified atom stereocenters. The van der Waals surface area contributed by atoms with Gasteiger partial charge in [-0.05, 0) is 56.8 Å². The molecule has 5 heteroatoms. The number of aromatic nitrogens is 2. The first-order valence-electron chi connectivity index (χ1n) is 7.89. The summed E-state index contributed by atoms with van der Waals surface area (Å²) in [4.78, 5) is 12.4. The molecule has 0 radical (unpaired) electrons. The molecule has 1 aromatic heterocycles. The van der Waals surface area contributed by atoms with Crippen LogP contribution in [-0.2, 0) is 11.2 Å². The van der Waals surface area contributed by atoms with Crippen molar-refractivity contribution in [1.82, 2.24) is 15.5 Å². The van der Waals surface area contributed by atoms with Gasteiger partial charge < -0.3 is 10.6 Å². The first-order chi connectivity index (χ1) is 9.79. The molecule has 108 valence electrons. The van der Waals surface area contributed by atoms with Gasteiger partial charge in [0, 0.05) is 11.6 Å². The van der Waals surface area contributed by atoms with E-state index in [1.54, 1.807) is 0 Å². The highest BCUT2D eigenvalue weighted by Gasteiger charge is 2.39. The Kier molecular flexibility index (Phi) is 2.93. The molecule has 1 aliphatic heterocycles. The third kappa shape index (κ3) is 2.30. The van der Waals surface area contributed by atoms with E-state index < -0.39 is 0 Å². The monoisotopic (exact) mass is 274 g/mol. The molecule has 3 aliphatic rings. The highest BCUT2D eigenvalue weighted by atomic mass is 16.2. The Balaban J connectivity index is 1.34. The lowest BCUT2D eigenvalue weighted by molar-refractivity contribution is -0.122. The van der Waals surface area contributed by atoms with Crippen LogP contribution in [0.25, 0.3) is 0 Å². The topological polar surface area (TPSA) is 69.8 Å². The molecule has 20 heavy (non-hydrogen) atoms. The number of carbonyl (C=O) groups is 1. The van der Waals surface area contributed by atoms with Gasteiger partial charge in [0.2, 0.25) is 5.91 Å². The molecule has 1 aromatic rings. The molecule has 2 aliphatic carbocycles. The fraction of sp³-hybridized carbons (Fsp3) is 0.733. The number of nitrogens with zero attached hydrogens (tertiary/aromatic N) is 1. The second-order valence-electron chi connectivity index (χ2n) is 6.62. The SMILES string of the molecule is O=C(NC1CCC2CC2CC1)C1CCc2cn[nH]c2N1. The Morgan fingerprint density at radius 3 is 2.80 bits per heavy atom. The second kappa shape index (κ2) is 4.79. The summed E-state index contributed by atoms with van der Waals surface area (Å²) in [5.74, 6) is 3.01. The second-order valence-corrected chi connectivity index (χ2v) is 6.62. The normalized spacial score (nSPS) is 35.2. The third-order valence-electron chi connectivity index (χ3n) is 5.24. The maximum atomic E-state index is 12.4. The van der Waals surface area contributed by atoms with Gasteiger partial charge in [-0.2, -0.15) is 5.10 Å². The van der Waals surface area contributed by atoms with Crippen molar-refractivity contribution >= 4 is 11.7 Å². The average Bonchev–Trinajstić information content (AvgIpc) is 3.08. The van der Waals surface area contributed by atoms with Gasteiger partial charge in [0.05, 0.1) is 6.20 Å². The summed E-state index contributed by atoms with van der Waals surface area (Å²) in [6.07, 6.45) is 9.99. The number of aromatic amines is 1. The highest BCUT2D eigenvalue weighted by molar-refractivity contribution is 5.85. The number of nitrogens with one attached hydrogen (secondary N) is 3. The van der Waals surface area contributed by atoms with Crippen LogP contribution in [0.5, 0.6) is 0 Å². The van der Waals surface area contributed by atoms with E-state index in [4.69, 9.17) is 0 Å². The van der Waals surface area contributed by atoms with Crippen molar-refractivity contribution in [1.29, 1.82) is 0 Å². The van der Waals surface area contributed by atoms with Crippen LogP contribution in [0.1, 0.15) is 44.1 Å². The van der Waals surface area contributed by atoms with E-state index in [1.807, 2.05) is 6.20 Å². The Morgan fingerprint density at radius 2 is 2.00 bits per heavy atom. The molecule has 4 rings (SSSR count). The van der Waals surface area contributed by atoms with Crippen molar-refractivity contribution in [3.8, 4) is 0 Å².